The number of nitrogens with two attached hydrogens (primary N) is 4. The summed E-state index contributed by atoms with van der Waals surface area (Å²) in [5, 5.41) is 6.07. The van der Waals surface area contributed by atoms with Gasteiger partial charge < -0.3 is 33.6 Å². The SMILES string of the molecule is Cl.NCCNCCN.NCCNCCN.[Co]. The predicted molar refractivity (Wildman–Crippen MR) is 69.2 cm³/mol. The summed E-state index contributed by atoms with van der Waals surface area (Å²) in [4.78, 5) is 0. The van der Waals surface area contributed by atoms with Crippen LogP contribution in [0.15, 0.2) is 0 Å². The summed E-state index contributed by atoms with van der Waals surface area (Å²) >= 11 is 0. The van der Waals surface area contributed by atoms with Crippen molar-refractivity contribution in [2.45, 2.75) is 0 Å². The van der Waals surface area contributed by atoms with Crippen molar-refractivity contribution < 1.29 is 16.8 Å². The first-order valence-corrected chi connectivity index (χ1v) is 5.05. The van der Waals surface area contributed by atoms with Crippen LogP contribution in [0.5, 0.6) is 0 Å². The van der Waals surface area contributed by atoms with Crippen LogP contribution in [0.1, 0.15) is 0 Å². The van der Waals surface area contributed by atoms with Gasteiger partial charge in [0.15, 0.2) is 0 Å². The Morgan fingerprint density at radius 2 is 0.750 bits per heavy atom. The van der Waals surface area contributed by atoms with Crippen molar-refractivity contribution in [3.8, 4) is 0 Å². The van der Waals surface area contributed by atoms with E-state index in [1.807, 2.05) is 0 Å². The number of rotatable bonds is 8. The van der Waals surface area contributed by atoms with Crippen LogP contribution in [0.4, 0.5) is 0 Å². The topological polar surface area (TPSA) is 128 Å². The summed E-state index contributed by atoms with van der Waals surface area (Å²) in [6.45, 7) is 6.27. The van der Waals surface area contributed by atoms with Crippen LogP contribution in [0.25, 0.3) is 0 Å². The molecule has 0 saturated carbocycles. The van der Waals surface area contributed by atoms with E-state index in [2.05, 4.69) is 10.6 Å². The first-order valence-electron chi connectivity index (χ1n) is 5.05. The van der Waals surface area contributed by atoms with Crippen molar-refractivity contribution in [1.29, 1.82) is 0 Å². The van der Waals surface area contributed by atoms with Crippen LogP contribution in [-0.4, -0.2) is 52.4 Å². The van der Waals surface area contributed by atoms with Gasteiger partial charge in [-0.1, -0.05) is 0 Å². The van der Waals surface area contributed by atoms with E-state index in [0.717, 1.165) is 26.2 Å². The minimum absolute atomic E-state index is 0. The van der Waals surface area contributed by atoms with Gasteiger partial charge in [0, 0.05) is 69.1 Å². The van der Waals surface area contributed by atoms with Gasteiger partial charge in [0.1, 0.15) is 0 Å². The molecule has 0 rings (SSSR count). The predicted octanol–water partition coefficient (Wildman–Crippen LogP) is -2.59. The van der Waals surface area contributed by atoms with Gasteiger partial charge in [-0.3, -0.25) is 0 Å². The molecule has 0 aliphatic carbocycles. The molecule has 0 saturated heterocycles. The molecule has 16 heavy (non-hydrogen) atoms. The smallest absolute Gasteiger partial charge is 0.00750 e. The van der Waals surface area contributed by atoms with Gasteiger partial charge >= 0.3 is 0 Å². The Hall–Kier alpha value is 0.556. The van der Waals surface area contributed by atoms with Crippen molar-refractivity contribution in [2.75, 3.05) is 52.4 Å². The second kappa shape index (κ2) is 29.6. The maximum atomic E-state index is 5.17. The summed E-state index contributed by atoms with van der Waals surface area (Å²) in [7, 11) is 0. The molecular formula is C8H27ClCoN6. The van der Waals surface area contributed by atoms with E-state index in [0.29, 0.717) is 26.2 Å². The average molecular weight is 302 g/mol. The number of hydrogen-bond acceptors (Lipinski definition) is 6. The average Bonchev–Trinajstić information content (AvgIpc) is 2.21. The molecule has 0 heterocycles. The minimum Gasteiger partial charge on any atom is -0.329 e. The summed E-state index contributed by atoms with van der Waals surface area (Å²) in [5.74, 6) is 0. The summed E-state index contributed by atoms with van der Waals surface area (Å²) in [6, 6.07) is 0. The fourth-order valence-electron chi connectivity index (χ4n) is 0.658. The Bertz CT molecular complexity index is 72.9. The monoisotopic (exact) mass is 301 g/mol. The van der Waals surface area contributed by atoms with E-state index in [-0.39, 0.29) is 29.2 Å². The largest absolute Gasteiger partial charge is 0.329 e. The van der Waals surface area contributed by atoms with E-state index in [1.54, 1.807) is 0 Å². The molecule has 105 valence electrons. The van der Waals surface area contributed by atoms with E-state index in [1.165, 1.54) is 0 Å². The Balaban J connectivity index is -0.0000000800. The van der Waals surface area contributed by atoms with Gasteiger partial charge in [0.25, 0.3) is 0 Å². The molecule has 0 spiro atoms. The molecule has 8 heteroatoms. The molecule has 0 amide bonds. The second-order valence-electron chi connectivity index (χ2n) is 2.65. The molecule has 0 aromatic carbocycles. The van der Waals surface area contributed by atoms with Gasteiger partial charge in [-0.05, 0) is 0 Å². The van der Waals surface area contributed by atoms with E-state index < -0.39 is 0 Å². The van der Waals surface area contributed by atoms with Crippen LogP contribution >= 0.6 is 12.4 Å². The van der Waals surface area contributed by atoms with E-state index in [9.17, 15) is 0 Å². The van der Waals surface area contributed by atoms with Crippen molar-refractivity contribution in [2.24, 2.45) is 22.9 Å². The van der Waals surface area contributed by atoms with Crippen LogP contribution in [0, 0.1) is 0 Å². The molecule has 0 bridgehead atoms. The Morgan fingerprint density at radius 1 is 0.562 bits per heavy atom. The minimum atomic E-state index is 0. The Morgan fingerprint density at radius 3 is 0.875 bits per heavy atom. The zero-order valence-electron chi connectivity index (χ0n) is 9.71. The van der Waals surface area contributed by atoms with Crippen molar-refractivity contribution in [3.05, 3.63) is 0 Å². The van der Waals surface area contributed by atoms with Gasteiger partial charge in [-0.2, -0.15) is 0 Å². The van der Waals surface area contributed by atoms with Crippen molar-refractivity contribution in [1.82, 2.24) is 10.6 Å². The molecule has 0 aromatic rings. The third-order valence-electron chi connectivity index (χ3n) is 1.28. The Kier molecular flexibility index (Phi) is 47.0. The van der Waals surface area contributed by atoms with Crippen molar-refractivity contribution >= 4 is 12.4 Å². The van der Waals surface area contributed by atoms with Crippen LogP contribution in [-0.2, 0) is 16.8 Å². The van der Waals surface area contributed by atoms with Gasteiger partial charge in [0.05, 0.1) is 0 Å². The number of nitrogens with one attached hydrogen (secondary N) is 2. The molecule has 1 radical (unpaired) electrons. The maximum Gasteiger partial charge on any atom is 0.00750 e. The van der Waals surface area contributed by atoms with E-state index >= 15 is 0 Å². The molecule has 0 aromatic heterocycles. The third-order valence-corrected chi connectivity index (χ3v) is 1.28. The molecule has 10 N–H and O–H groups in total. The molecule has 0 unspecified atom stereocenters. The molecule has 0 fully saturated rings. The standard InChI is InChI=1S/2C4H13N3.ClH.Co/c2*5-1-3-7-4-2-6;;/h2*7H,1-6H2;1H;. The van der Waals surface area contributed by atoms with Crippen LogP contribution in [0.2, 0.25) is 0 Å². The first-order chi connectivity index (χ1) is 6.83. The molecule has 0 aliphatic heterocycles. The fraction of sp³-hybridized carbons (Fsp3) is 1.00. The Labute approximate surface area is 115 Å². The van der Waals surface area contributed by atoms with E-state index in [4.69, 9.17) is 22.9 Å². The van der Waals surface area contributed by atoms with Gasteiger partial charge in [-0.15, -0.1) is 12.4 Å². The van der Waals surface area contributed by atoms with Crippen LogP contribution in [0.3, 0.4) is 0 Å². The zero-order valence-corrected chi connectivity index (χ0v) is 11.6. The molecule has 0 aliphatic rings. The maximum absolute atomic E-state index is 5.17. The summed E-state index contributed by atoms with van der Waals surface area (Å²) in [6.07, 6.45) is 0. The quantitative estimate of drug-likeness (QED) is 0.273. The number of halogens is 1. The van der Waals surface area contributed by atoms with Gasteiger partial charge in [0.2, 0.25) is 0 Å². The third kappa shape index (κ3) is 36.5. The molecule has 6 nitrogen and oxygen atoms in total. The van der Waals surface area contributed by atoms with Crippen molar-refractivity contribution in [3.63, 3.8) is 0 Å². The fourth-order valence-corrected chi connectivity index (χ4v) is 0.658. The summed E-state index contributed by atoms with van der Waals surface area (Å²) in [5.41, 5.74) is 20.7. The summed E-state index contributed by atoms with van der Waals surface area (Å²) < 4.78 is 0. The number of hydrogen-bond donors (Lipinski definition) is 6. The zero-order chi connectivity index (χ0) is 11.1. The normalized spacial score (nSPS) is 8.25. The molecular weight excluding hydrogens is 275 g/mol. The first kappa shape index (κ1) is 25.4. The molecule has 0 atom stereocenters. The second-order valence-corrected chi connectivity index (χ2v) is 2.65. The van der Waals surface area contributed by atoms with Gasteiger partial charge in [-0.25, -0.2) is 0 Å². The van der Waals surface area contributed by atoms with Crippen LogP contribution < -0.4 is 33.6 Å².